The minimum Gasteiger partial charge on any atom is -0.326 e. The van der Waals surface area contributed by atoms with Crippen LogP contribution in [-0.2, 0) is 4.79 Å². The van der Waals surface area contributed by atoms with Gasteiger partial charge in [-0.25, -0.2) is 0 Å². The second-order valence-corrected chi connectivity index (χ2v) is 5.36. The minimum atomic E-state index is 0.121. The van der Waals surface area contributed by atoms with E-state index in [1.165, 1.54) is 12.8 Å². The molecule has 0 saturated heterocycles. The zero-order valence-corrected chi connectivity index (χ0v) is 11.1. The average molecular weight is 303 g/mol. The number of anilines is 1. The molecule has 0 bridgehead atoms. The van der Waals surface area contributed by atoms with Crippen molar-refractivity contribution in [2.75, 3.05) is 5.32 Å². The molecule has 16 heavy (non-hydrogen) atoms. The van der Waals surface area contributed by atoms with Crippen molar-refractivity contribution in [1.29, 1.82) is 0 Å². The van der Waals surface area contributed by atoms with E-state index >= 15 is 0 Å². The summed E-state index contributed by atoms with van der Waals surface area (Å²) in [4.78, 5) is 11.8. The third-order valence-electron chi connectivity index (χ3n) is 2.91. The summed E-state index contributed by atoms with van der Waals surface area (Å²) in [6.45, 7) is 0. The summed E-state index contributed by atoms with van der Waals surface area (Å²) in [6.07, 6.45) is 4.35. The smallest absolute Gasteiger partial charge is 0.227 e. The fourth-order valence-corrected chi connectivity index (χ4v) is 2.43. The number of hydrogen-bond acceptors (Lipinski definition) is 1. The largest absolute Gasteiger partial charge is 0.326 e. The van der Waals surface area contributed by atoms with Crippen LogP contribution in [0.25, 0.3) is 0 Å². The van der Waals surface area contributed by atoms with E-state index in [4.69, 9.17) is 11.6 Å². The molecule has 2 nitrogen and oxygen atoms in total. The van der Waals surface area contributed by atoms with Gasteiger partial charge >= 0.3 is 0 Å². The fraction of sp³-hybridized carbons (Fsp3) is 0.417. The zero-order valence-electron chi connectivity index (χ0n) is 8.80. The van der Waals surface area contributed by atoms with Crippen molar-refractivity contribution >= 4 is 39.1 Å². The molecule has 1 aromatic rings. The molecule has 2 rings (SSSR count). The first kappa shape index (κ1) is 11.9. The van der Waals surface area contributed by atoms with E-state index in [2.05, 4.69) is 21.2 Å². The molecule has 0 aromatic heterocycles. The topological polar surface area (TPSA) is 29.1 Å². The van der Waals surface area contributed by atoms with Gasteiger partial charge in [-0.15, -0.1) is 0 Å². The Morgan fingerprint density at radius 2 is 2.06 bits per heavy atom. The van der Waals surface area contributed by atoms with Crippen molar-refractivity contribution in [3.8, 4) is 0 Å². The molecule has 1 aliphatic carbocycles. The lowest BCUT2D eigenvalue weighted by molar-refractivity contribution is -0.119. The molecular weight excluding hydrogens is 289 g/mol. The van der Waals surface area contributed by atoms with Gasteiger partial charge in [0.2, 0.25) is 5.91 Å². The lowest BCUT2D eigenvalue weighted by atomic mass is 10.1. The van der Waals surface area contributed by atoms with Gasteiger partial charge in [-0.1, -0.05) is 24.4 Å². The van der Waals surface area contributed by atoms with Gasteiger partial charge in [0.1, 0.15) is 0 Å². The lowest BCUT2D eigenvalue weighted by Gasteiger charge is -2.10. The first-order valence-electron chi connectivity index (χ1n) is 5.43. The highest BCUT2D eigenvalue weighted by molar-refractivity contribution is 9.10. The first-order chi connectivity index (χ1) is 7.66. The number of carbonyl (C=O) groups is 1. The van der Waals surface area contributed by atoms with Crippen LogP contribution >= 0.6 is 27.5 Å². The monoisotopic (exact) mass is 301 g/mol. The van der Waals surface area contributed by atoms with Crippen LogP contribution in [0.1, 0.15) is 25.7 Å². The minimum absolute atomic E-state index is 0.121. The van der Waals surface area contributed by atoms with E-state index in [1.807, 2.05) is 12.1 Å². The molecule has 1 N–H and O–H groups in total. The summed E-state index contributed by atoms with van der Waals surface area (Å²) in [5.74, 6) is 0.304. The van der Waals surface area contributed by atoms with Gasteiger partial charge in [0.25, 0.3) is 0 Å². The third-order valence-corrected chi connectivity index (χ3v) is 4.15. The Morgan fingerprint density at radius 1 is 1.38 bits per heavy atom. The second-order valence-electron chi connectivity index (χ2n) is 4.10. The van der Waals surface area contributed by atoms with E-state index < -0.39 is 0 Å². The molecule has 0 atom stereocenters. The summed E-state index contributed by atoms with van der Waals surface area (Å²) in [6, 6.07) is 5.45. The molecule has 1 aliphatic rings. The normalized spacial score (nSPS) is 16.4. The van der Waals surface area contributed by atoms with E-state index in [1.54, 1.807) is 6.07 Å². The molecular formula is C12H13BrClNO. The highest BCUT2D eigenvalue weighted by atomic mass is 79.9. The highest BCUT2D eigenvalue weighted by Gasteiger charge is 2.22. The van der Waals surface area contributed by atoms with Crippen molar-refractivity contribution in [2.45, 2.75) is 25.7 Å². The Morgan fingerprint density at radius 3 is 2.69 bits per heavy atom. The molecule has 86 valence electrons. The van der Waals surface area contributed by atoms with Crippen LogP contribution in [-0.4, -0.2) is 5.91 Å². The van der Waals surface area contributed by atoms with Gasteiger partial charge in [0.05, 0.1) is 5.02 Å². The molecule has 0 spiro atoms. The van der Waals surface area contributed by atoms with Crippen LogP contribution in [0.2, 0.25) is 5.02 Å². The summed E-state index contributed by atoms with van der Waals surface area (Å²) in [5.41, 5.74) is 0.769. The van der Waals surface area contributed by atoms with Gasteiger partial charge in [-0.2, -0.15) is 0 Å². The van der Waals surface area contributed by atoms with Crippen molar-refractivity contribution in [2.24, 2.45) is 5.92 Å². The quantitative estimate of drug-likeness (QED) is 0.870. The Hall–Kier alpha value is -0.540. The van der Waals surface area contributed by atoms with Crippen LogP contribution in [0, 0.1) is 5.92 Å². The zero-order chi connectivity index (χ0) is 11.5. The van der Waals surface area contributed by atoms with Crippen molar-refractivity contribution in [1.82, 2.24) is 0 Å². The van der Waals surface area contributed by atoms with E-state index in [-0.39, 0.29) is 11.8 Å². The van der Waals surface area contributed by atoms with Crippen LogP contribution in [0.4, 0.5) is 5.69 Å². The number of halogens is 2. The fourth-order valence-electron chi connectivity index (χ4n) is 2.01. The van der Waals surface area contributed by atoms with Crippen LogP contribution in [0.5, 0.6) is 0 Å². The summed E-state index contributed by atoms with van der Waals surface area (Å²) < 4.78 is 0.841. The SMILES string of the molecule is O=C(Nc1ccc(Br)c(Cl)c1)C1CCCC1. The van der Waals surface area contributed by atoms with E-state index in [9.17, 15) is 4.79 Å². The Labute approximate surface area is 108 Å². The van der Waals surface area contributed by atoms with Crippen molar-refractivity contribution < 1.29 is 4.79 Å². The van der Waals surface area contributed by atoms with Gasteiger partial charge < -0.3 is 5.32 Å². The molecule has 0 radical (unpaired) electrons. The maximum absolute atomic E-state index is 11.8. The predicted molar refractivity (Wildman–Crippen MR) is 69.7 cm³/mol. The van der Waals surface area contributed by atoms with Gasteiger partial charge in [-0.05, 0) is 47.0 Å². The van der Waals surface area contributed by atoms with E-state index in [0.717, 1.165) is 23.0 Å². The van der Waals surface area contributed by atoms with Crippen LogP contribution < -0.4 is 5.32 Å². The Kier molecular flexibility index (Phi) is 3.87. The van der Waals surface area contributed by atoms with Gasteiger partial charge in [0, 0.05) is 16.1 Å². The third kappa shape index (κ3) is 2.77. The van der Waals surface area contributed by atoms with Crippen LogP contribution in [0.3, 0.4) is 0 Å². The maximum atomic E-state index is 11.8. The van der Waals surface area contributed by atoms with Crippen LogP contribution in [0.15, 0.2) is 22.7 Å². The average Bonchev–Trinajstić information content (AvgIpc) is 2.77. The number of nitrogens with one attached hydrogen (secondary N) is 1. The van der Waals surface area contributed by atoms with Gasteiger partial charge in [0.15, 0.2) is 0 Å². The number of hydrogen-bond donors (Lipinski definition) is 1. The standard InChI is InChI=1S/C12H13BrClNO/c13-10-6-5-9(7-11(10)14)15-12(16)8-3-1-2-4-8/h5-8H,1-4H2,(H,15,16). The lowest BCUT2D eigenvalue weighted by Crippen LogP contribution is -2.20. The molecule has 0 unspecified atom stereocenters. The predicted octanol–water partition coefficient (Wildman–Crippen LogP) is 4.23. The van der Waals surface area contributed by atoms with E-state index in [0.29, 0.717) is 5.02 Å². The maximum Gasteiger partial charge on any atom is 0.227 e. The number of amides is 1. The summed E-state index contributed by atoms with van der Waals surface area (Å²) in [5, 5.41) is 3.52. The molecule has 0 heterocycles. The van der Waals surface area contributed by atoms with Crippen molar-refractivity contribution in [3.05, 3.63) is 27.7 Å². The highest BCUT2D eigenvalue weighted by Crippen LogP contribution is 2.28. The molecule has 4 heteroatoms. The molecule has 1 amide bonds. The number of carbonyl (C=O) groups excluding carboxylic acids is 1. The molecule has 1 aromatic carbocycles. The Balaban J connectivity index is 2.02. The van der Waals surface area contributed by atoms with Crippen molar-refractivity contribution in [3.63, 3.8) is 0 Å². The molecule has 0 aliphatic heterocycles. The first-order valence-corrected chi connectivity index (χ1v) is 6.60. The second kappa shape index (κ2) is 5.19. The van der Waals surface area contributed by atoms with Gasteiger partial charge in [-0.3, -0.25) is 4.79 Å². The number of rotatable bonds is 2. The Bertz CT molecular complexity index is 402. The summed E-state index contributed by atoms with van der Waals surface area (Å²) >= 11 is 9.28. The number of benzene rings is 1. The molecule has 1 saturated carbocycles. The molecule has 1 fully saturated rings. The summed E-state index contributed by atoms with van der Waals surface area (Å²) in [7, 11) is 0.